The Balaban J connectivity index is 1.99. The van der Waals surface area contributed by atoms with Crippen molar-refractivity contribution in [2.24, 2.45) is 5.92 Å². The number of aliphatic hydroxyl groups excluding tert-OH is 1. The van der Waals surface area contributed by atoms with Crippen molar-refractivity contribution in [3.8, 4) is 11.3 Å². The molecule has 2 heterocycles. The van der Waals surface area contributed by atoms with E-state index in [1.54, 1.807) is 12.4 Å². The highest BCUT2D eigenvalue weighted by atomic mass is 16.3. The normalized spacial score (nSPS) is 12.1. The van der Waals surface area contributed by atoms with Crippen molar-refractivity contribution in [1.29, 1.82) is 0 Å². The van der Waals surface area contributed by atoms with Gasteiger partial charge in [0.15, 0.2) is 0 Å². The van der Waals surface area contributed by atoms with E-state index in [0.717, 1.165) is 16.9 Å². The molecule has 0 aliphatic carbocycles. The van der Waals surface area contributed by atoms with Crippen molar-refractivity contribution in [1.82, 2.24) is 15.0 Å². The van der Waals surface area contributed by atoms with Crippen LogP contribution in [0.4, 0.5) is 17.5 Å². The van der Waals surface area contributed by atoms with Crippen LogP contribution in [0.3, 0.4) is 0 Å². The molecule has 0 unspecified atom stereocenters. The number of pyridine rings is 1. The minimum absolute atomic E-state index is 0.0142. The Morgan fingerprint density at radius 2 is 1.64 bits per heavy atom. The first-order chi connectivity index (χ1) is 13.4. The van der Waals surface area contributed by atoms with Crippen molar-refractivity contribution in [3.05, 3.63) is 59.9 Å². The van der Waals surface area contributed by atoms with Crippen LogP contribution in [0, 0.1) is 19.8 Å². The van der Waals surface area contributed by atoms with Gasteiger partial charge in [0, 0.05) is 29.7 Å². The Morgan fingerprint density at radius 3 is 2.25 bits per heavy atom. The molecule has 3 N–H and O–H groups in total. The zero-order valence-electron chi connectivity index (χ0n) is 16.8. The number of benzene rings is 1. The molecule has 146 valence electrons. The monoisotopic (exact) mass is 377 g/mol. The highest BCUT2D eigenvalue weighted by Gasteiger charge is 2.15. The van der Waals surface area contributed by atoms with Crippen LogP contribution in [0.15, 0.2) is 48.8 Å². The molecule has 0 aliphatic rings. The molecule has 28 heavy (non-hydrogen) atoms. The summed E-state index contributed by atoms with van der Waals surface area (Å²) >= 11 is 0. The van der Waals surface area contributed by atoms with E-state index < -0.39 is 0 Å². The lowest BCUT2D eigenvalue weighted by Crippen LogP contribution is -2.30. The first kappa shape index (κ1) is 19.8. The predicted molar refractivity (Wildman–Crippen MR) is 114 cm³/mol. The van der Waals surface area contributed by atoms with Gasteiger partial charge in [-0.3, -0.25) is 4.98 Å². The number of hydrogen-bond donors (Lipinski definition) is 3. The maximum Gasteiger partial charge on any atom is 0.225 e. The smallest absolute Gasteiger partial charge is 0.225 e. The fraction of sp³-hybridized carbons (Fsp3) is 0.318. The average molecular weight is 377 g/mol. The second-order valence-electron chi connectivity index (χ2n) is 7.38. The zero-order valence-corrected chi connectivity index (χ0v) is 16.8. The lowest BCUT2D eigenvalue weighted by molar-refractivity contribution is 0.248. The van der Waals surface area contributed by atoms with Crippen LogP contribution in [-0.4, -0.2) is 32.7 Å². The molecule has 0 saturated heterocycles. The van der Waals surface area contributed by atoms with E-state index >= 15 is 0 Å². The largest absolute Gasteiger partial charge is 0.394 e. The molecule has 1 atom stereocenters. The Morgan fingerprint density at radius 1 is 0.964 bits per heavy atom. The molecular formula is C22H27N5O. The molecule has 2 aromatic heterocycles. The van der Waals surface area contributed by atoms with Crippen molar-refractivity contribution in [3.63, 3.8) is 0 Å². The van der Waals surface area contributed by atoms with Gasteiger partial charge in [-0.25, -0.2) is 4.98 Å². The summed E-state index contributed by atoms with van der Waals surface area (Å²) in [5, 5.41) is 16.3. The van der Waals surface area contributed by atoms with E-state index in [1.165, 1.54) is 11.1 Å². The van der Waals surface area contributed by atoms with E-state index in [0.29, 0.717) is 11.8 Å². The Hall–Kier alpha value is -2.99. The Bertz CT molecular complexity index is 907. The van der Waals surface area contributed by atoms with Crippen LogP contribution in [-0.2, 0) is 0 Å². The first-order valence-electron chi connectivity index (χ1n) is 9.47. The third-order valence-electron chi connectivity index (χ3n) is 4.51. The van der Waals surface area contributed by atoms with Crippen LogP contribution in [0.25, 0.3) is 11.3 Å². The molecule has 3 aromatic rings. The van der Waals surface area contributed by atoms with Gasteiger partial charge < -0.3 is 15.7 Å². The van der Waals surface area contributed by atoms with Crippen LogP contribution in [0.2, 0.25) is 0 Å². The SMILES string of the molecule is Cc1cc(C)cc(Nc2cc(-c3ccncc3)nc(N[C@@H](CO)C(C)C)n2)c1. The predicted octanol–water partition coefficient (Wildman–Crippen LogP) is 4.33. The Labute approximate surface area is 166 Å². The molecule has 0 fully saturated rings. The van der Waals surface area contributed by atoms with Gasteiger partial charge in [0.1, 0.15) is 5.82 Å². The lowest BCUT2D eigenvalue weighted by atomic mass is 10.1. The molecule has 0 amide bonds. The van der Waals surface area contributed by atoms with Gasteiger partial charge in [0.25, 0.3) is 0 Å². The summed E-state index contributed by atoms with van der Waals surface area (Å²) in [5.74, 6) is 1.41. The molecule has 6 heteroatoms. The third-order valence-corrected chi connectivity index (χ3v) is 4.51. The van der Waals surface area contributed by atoms with Crippen molar-refractivity contribution < 1.29 is 5.11 Å². The van der Waals surface area contributed by atoms with Crippen LogP contribution in [0.1, 0.15) is 25.0 Å². The molecule has 6 nitrogen and oxygen atoms in total. The van der Waals surface area contributed by atoms with E-state index in [2.05, 4.69) is 71.5 Å². The fourth-order valence-electron chi connectivity index (χ4n) is 3.03. The summed E-state index contributed by atoms with van der Waals surface area (Å²) < 4.78 is 0. The van der Waals surface area contributed by atoms with Crippen molar-refractivity contribution in [2.75, 3.05) is 17.2 Å². The third kappa shape index (κ3) is 5.04. The average Bonchev–Trinajstić information content (AvgIpc) is 2.65. The second kappa shape index (κ2) is 8.80. The number of aryl methyl sites for hydroxylation is 2. The molecule has 0 aliphatic heterocycles. The quantitative estimate of drug-likeness (QED) is 0.568. The van der Waals surface area contributed by atoms with Gasteiger partial charge in [0.05, 0.1) is 18.3 Å². The summed E-state index contributed by atoms with van der Waals surface area (Å²) in [4.78, 5) is 13.4. The van der Waals surface area contributed by atoms with E-state index in [9.17, 15) is 5.11 Å². The van der Waals surface area contributed by atoms with Gasteiger partial charge in [-0.2, -0.15) is 4.98 Å². The fourth-order valence-corrected chi connectivity index (χ4v) is 3.03. The van der Waals surface area contributed by atoms with Gasteiger partial charge in [0.2, 0.25) is 5.95 Å². The van der Waals surface area contributed by atoms with Crippen LogP contribution < -0.4 is 10.6 Å². The maximum atomic E-state index is 9.67. The summed E-state index contributed by atoms with van der Waals surface area (Å²) in [6, 6.07) is 11.9. The molecular weight excluding hydrogens is 350 g/mol. The number of rotatable bonds is 7. The number of hydrogen-bond acceptors (Lipinski definition) is 6. The second-order valence-corrected chi connectivity index (χ2v) is 7.38. The van der Waals surface area contributed by atoms with Crippen LogP contribution in [0.5, 0.6) is 0 Å². The van der Waals surface area contributed by atoms with E-state index in [4.69, 9.17) is 0 Å². The summed E-state index contributed by atoms with van der Waals surface area (Å²) in [6.07, 6.45) is 3.48. The first-order valence-corrected chi connectivity index (χ1v) is 9.47. The molecule has 3 rings (SSSR count). The summed E-state index contributed by atoms with van der Waals surface area (Å²) in [5.41, 5.74) is 5.08. The minimum Gasteiger partial charge on any atom is -0.394 e. The number of aromatic nitrogens is 3. The molecule has 0 bridgehead atoms. The van der Waals surface area contributed by atoms with E-state index in [-0.39, 0.29) is 18.6 Å². The molecule has 1 aromatic carbocycles. The minimum atomic E-state index is -0.123. The molecule has 0 radical (unpaired) electrons. The van der Waals surface area contributed by atoms with Gasteiger partial charge in [-0.05, 0) is 55.2 Å². The molecule has 0 spiro atoms. The number of nitrogens with one attached hydrogen (secondary N) is 2. The number of aliphatic hydroxyl groups is 1. The van der Waals surface area contributed by atoms with Crippen LogP contribution >= 0.6 is 0 Å². The van der Waals surface area contributed by atoms with Gasteiger partial charge in [-0.1, -0.05) is 19.9 Å². The summed E-state index contributed by atoms with van der Waals surface area (Å²) in [6.45, 7) is 8.26. The topological polar surface area (TPSA) is 83.0 Å². The molecule has 0 saturated carbocycles. The van der Waals surface area contributed by atoms with Gasteiger partial charge in [-0.15, -0.1) is 0 Å². The summed E-state index contributed by atoms with van der Waals surface area (Å²) in [7, 11) is 0. The van der Waals surface area contributed by atoms with Gasteiger partial charge >= 0.3 is 0 Å². The van der Waals surface area contributed by atoms with Crippen molar-refractivity contribution >= 4 is 17.5 Å². The number of nitrogens with zero attached hydrogens (tertiary/aromatic N) is 3. The lowest BCUT2D eigenvalue weighted by Gasteiger charge is -2.21. The zero-order chi connectivity index (χ0) is 20.1. The number of anilines is 3. The maximum absolute atomic E-state index is 9.67. The Kier molecular flexibility index (Phi) is 6.21. The van der Waals surface area contributed by atoms with Crippen molar-refractivity contribution in [2.45, 2.75) is 33.7 Å². The highest BCUT2D eigenvalue weighted by Crippen LogP contribution is 2.25. The highest BCUT2D eigenvalue weighted by molar-refractivity contribution is 5.67. The standard InChI is InChI=1S/C22H27N5O/c1-14(2)20(13-28)26-22-25-19(17-5-7-23-8-6-17)12-21(27-22)24-18-10-15(3)9-16(4)11-18/h5-12,14,20,28H,13H2,1-4H3,(H2,24,25,26,27)/t20-/m0/s1. The van der Waals surface area contributed by atoms with E-state index in [1.807, 2.05) is 18.2 Å².